The fourth-order valence-electron chi connectivity index (χ4n) is 2.60. The van der Waals surface area contributed by atoms with Crippen LogP contribution in [0, 0.1) is 12.3 Å². The van der Waals surface area contributed by atoms with E-state index in [4.69, 9.17) is 0 Å². The Labute approximate surface area is 105 Å². The Balaban J connectivity index is 2.26. The van der Waals surface area contributed by atoms with Gasteiger partial charge in [0.2, 0.25) is 0 Å². The van der Waals surface area contributed by atoms with Gasteiger partial charge in [-0.05, 0) is 31.2 Å². The summed E-state index contributed by atoms with van der Waals surface area (Å²) in [5.41, 5.74) is 1.30. The van der Waals surface area contributed by atoms with E-state index in [-0.39, 0.29) is 5.56 Å². The number of halogens is 1. The Morgan fingerprint density at radius 1 is 1.44 bits per heavy atom. The van der Waals surface area contributed by atoms with Gasteiger partial charge in [-0.3, -0.25) is 4.79 Å². The van der Waals surface area contributed by atoms with Crippen LogP contribution < -0.4 is 5.56 Å². The number of pyridine rings is 1. The lowest BCUT2D eigenvalue weighted by Gasteiger charge is -2.27. The highest BCUT2D eigenvalue weighted by Gasteiger charge is 2.33. The fourth-order valence-corrected chi connectivity index (χ4v) is 3.34. The molecule has 0 aromatic carbocycles. The summed E-state index contributed by atoms with van der Waals surface area (Å²) in [5.74, 6) is 0. The summed E-state index contributed by atoms with van der Waals surface area (Å²) < 4.78 is 1.88. The average Bonchev–Trinajstić information content (AvgIpc) is 2.74. The molecule has 2 nitrogen and oxygen atoms in total. The van der Waals surface area contributed by atoms with Crippen LogP contribution in [-0.4, -0.2) is 9.90 Å². The Kier molecular flexibility index (Phi) is 3.53. The molecule has 2 rings (SSSR count). The van der Waals surface area contributed by atoms with Crippen molar-refractivity contribution in [2.24, 2.45) is 5.41 Å². The van der Waals surface area contributed by atoms with E-state index in [0.29, 0.717) is 5.41 Å². The van der Waals surface area contributed by atoms with Gasteiger partial charge in [-0.2, -0.15) is 0 Å². The molecule has 0 bridgehead atoms. The van der Waals surface area contributed by atoms with Crippen LogP contribution in [-0.2, 0) is 6.54 Å². The first-order valence-corrected chi connectivity index (χ1v) is 7.01. The normalized spacial score (nSPS) is 18.9. The highest BCUT2D eigenvalue weighted by atomic mass is 79.9. The lowest BCUT2D eigenvalue weighted by atomic mass is 9.88. The van der Waals surface area contributed by atoms with Crippen molar-refractivity contribution >= 4 is 15.9 Å². The molecule has 1 aliphatic carbocycles. The number of aromatic nitrogens is 1. The van der Waals surface area contributed by atoms with Gasteiger partial charge in [-0.1, -0.05) is 34.8 Å². The largest absolute Gasteiger partial charge is 0.315 e. The van der Waals surface area contributed by atoms with Crippen LogP contribution in [0.15, 0.2) is 23.1 Å². The van der Waals surface area contributed by atoms with Crippen molar-refractivity contribution in [3.63, 3.8) is 0 Å². The van der Waals surface area contributed by atoms with Gasteiger partial charge in [0.25, 0.3) is 5.56 Å². The van der Waals surface area contributed by atoms with Gasteiger partial charge in [-0.15, -0.1) is 0 Å². The molecule has 0 unspecified atom stereocenters. The summed E-state index contributed by atoms with van der Waals surface area (Å²) in [6, 6.07) is 3.85. The molecule has 0 spiro atoms. The van der Waals surface area contributed by atoms with Crippen LogP contribution in [0.3, 0.4) is 0 Å². The Bertz CT molecular complexity index is 418. The van der Waals surface area contributed by atoms with Crippen LogP contribution in [0.25, 0.3) is 0 Å². The van der Waals surface area contributed by atoms with Gasteiger partial charge >= 0.3 is 0 Å². The van der Waals surface area contributed by atoms with E-state index < -0.39 is 0 Å². The maximum atomic E-state index is 12.0. The van der Waals surface area contributed by atoms with Gasteiger partial charge < -0.3 is 4.57 Å². The van der Waals surface area contributed by atoms with E-state index in [9.17, 15) is 4.79 Å². The van der Waals surface area contributed by atoms with E-state index >= 15 is 0 Å². The summed E-state index contributed by atoms with van der Waals surface area (Å²) in [6.45, 7) is 2.74. The van der Waals surface area contributed by atoms with E-state index in [1.807, 2.05) is 29.8 Å². The van der Waals surface area contributed by atoms with Crippen molar-refractivity contribution in [2.75, 3.05) is 5.33 Å². The van der Waals surface area contributed by atoms with Crippen molar-refractivity contribution in [2.45, 2.75) is 39.2 Å². The summed E-state index contributed by atoms with van der Waals surface area (Å²) in [4.78, 5) is 12.0. The smallest absolute Gasteiger partial charge is 0.253 e. The third-order valence-corrected chi connectivity index (χ3v) is 4.85. The number of hydrogen-bond acceptors (Lipinski definition) is 1. The first-order chi connectivity index (χ1) is 7.67. The van der Waals surface area contributed by atoms with Crippen molar-refractivity contribution in [3.8, 4) is 0 Å². The van der Waals surface area contributed by atoms with Gasteiger partial charge in [-0.25, -0.2) is 0 Å². The van der Waals surface area contributed by atoms with E-state index in [2.05, 4.69) is 15.9 Å². The number of alkyl halides is 1. The predicted molar refractivity (Wildman–Crippen MR) is 70.1 cm³/mol. The zero-order valence-corrected chi connectivity index (χ0v) is 11.3. The number of rotatable bonds is 3. The molecule has 0 atom stereocenters. The van der Waals surface area contributed by atoms with Crippen LogP contribution >= 0.6 is 15.9 Å². The second-order valence-electron chi connectivity index (χ2n) is 4.96. The summed E-state index contributed by atoms with van der Waals surface area (Å²) in [5, 5.41) is 1.00. The number of nitrogens with zero attached hydrogens (tertiary/aromatic N) is 1. The average molecular weight is 284 g/mol. The first-order valence-electron chi connectivity index (χ1n) is 5.89. The molecule has 3 heteroatoms. The minimum Gasteiger partial charge on any atom is -0.315 e. The highest BCUT2D eigenvalue weighted by molar-refractivity contribution is 9.09. The monoisotopic (exact) mass is 283 g/mol. The van der Waals surface area contributed by atoms with Gasteiger partial charge in [0.1, 0.15) is 0 Å². The second kappa shape index (κ2) is 4.74. The van der Waals surface area contributed by atoms with Crippen LogP contribution in [0.1, 0.15) is 31.2 Å². The zero-order valence-electron chi connectivity index (χ0n) is 9.71. The topological polar surface area (TPSA) is 22.0 Å². The summed E-state index contributed by atoms with van der Waals surface area (Å²) in [6.07, 6.45) is 6.98. The number of hydrogen-bond donors (Lipinski definition) is 0. The van der Waals surface area contributed by atoms with Crippen molar-refractivity contribution in [1.82, 2.24) is 4.57 Å². The van der Waals surface area contributed by atoms with Gasteiger partial charge in [0.15, 0.2) is 0 Å². The molecule has 1 aromatic rings. The minimum absolute atomic E-state index is 0.162. The molecule has 16 heavy (non-hydrogen) atoms. The van der Waals surface area contributed by atoms with Crippen molar-refractivity contribution in [3.05, 3.63) is 34.2 Å². The predicted octanol–water partition coefficient (Wildman–Crippen LogP) is 3.11. The second-order valence-corrected chi connectivity index (χ2v) is 5.53. The Morgan fingerprint density at radius 2 is 2.12 bits per heavy atom. The van der Waals surface area contributed by atoms with Crippen molar-refractivity contribution in [1.29, 1.82) is 0 Å². The van der Waals surface area contributed by atoms with Crippen LogP contribution in [0.4, 0.5) is 0 Å². The van der Waals surface area contributed by atoms with E-state index in [0.717, 1.165) is 17.4 Å². The zero-order chi connectivity index (χ0) is 11.6. The molecule has 0 amide bonds. The quantitative estimate of drug-likeness (QED) is 0.782. The lowest BCUT2D eigenvalue weighted by molar-refractivity contribution is 0.287. The maximum Gasteiger partial charge on any atom is 0.253 e. The van der Waals surface area contributed by atoms with E-state index in [1.54, 1.807) is 0 Å². The lowest BCUT2D eigenvalue weighted by Crippen LogP contribution is -2.32. The molecule has 1 aromatic heterocycles. The molecule has 0 N–H and O–H groups in total. The first kappa shape index (κ1) is 11.9. The molecule has 0 aliphatic heterocycles. The summed E-state index contributed by atoms with van der Waals surface area (Å²) >= 11 is 3.62. The SMILES string of the molecule is Cc1cccn(CC2(CBr)CCCC2)c1=O. The van der Waals surface area contributed by atoms with Crippen LogP contribution in [0.5, 0.6) is 0 Å². The molecular weight excluding hydrogens is 266 g/mol. The van der Waals surface area contributed by atoms with Gasteiger partial charge in [0.05, 0.1) is 0 Å². The van der Waals surface area contributed by atoms with E-state index in [1.165, 1.54) is 25.7 Å². The third-order valence-electron chi connectivity index (χ3n) is 3.66. The molecule has 1 saturated carbocycles. The molecular formula is C13H18BrNO. The van der Waals surface area contributed by atoms with Gasteiger partial charge in [0, 0.05) is 23.6 Å². The Morgan fingerprint density at radius 3 is 2.75 bits per heavy atom. The molecule has 1 heterocycles. The molecule has 0 saturated heterocycles. The maximum absolute atomic E-state index is 12.0. The molecule has 1 fully saturated rings. The summed E-state index contributed by atoms with van der Waals surface area (Å²) in [7, 11) is 0. The molecule has 88 valence electrons. The molecule has 1 aliphatic rings. The fraction of sp³-hybridized carbons (Fsp3) is 0.615. The highest BCUT2D eigenvalue weighted by Crippen LogP contribution is 2.40. The molecule has 0 radical (unpaired) electrons. The third kappa shape index (κ3) is 2.24. The van der Waals surface area contributed by atoms with Crippen LogP contribution in [0.2, 0.25) is 0 Å². The number of aryl methyl sites for hydroxylation is 1. The minimum atomic E-state index is 0.162. The Hall–Kier alpha value is -0.570. The standard InChI is InChI=1S/C13H18BrNO/c1-11-5-4-8-15(12(11)16)10-13(9-14)6-2-3-7-13/h4-5,8H,2-3,6-7,9-10H2,1H3. The van der Waals surface area contributed by atoms with Crippen molar-refractivity contribution < 1.29 is 0 Å².